The van der Waals surface area contributed by atoms with Crippen LogP contribution < -0.4 is 0 Å². The molecule has 0 aliphatic heterocycles. The molecule has 1 heterocycles. The van der Waals surface area contributed by atoms with Crippen LogP contribution in [0.5, 0.6) is 0 Å². The van der Waals surface area contributed by atoms with Crippen LogP contribution in [0.1, 0.15) is 50.6 Å². The summed E-state index contributed by atoms with van der Waals surface area (Å²) in [6.45, 7) is 1.77. The van der Waals surface area contributed by atoms with Crippen molar-refractivity contribution in [3.05, 3.63) is 36.0 Å². The minimum Gasteiger partial charge on any atom is -0.481 e. The molecule has 0 radical (unpaired) electrons. The van der Waals surface area contributed by atoms with Gasteiger partial charge in [0, 0.05) is 17.8 Å². The molecule has 1 aliphatic carbocycles. The number of hydrogen-bond donors (Lipinski definition) is 1. The van der Waals surface area contributed by atoms with Crippen molar-refractivity contribution in [2.75, 3.05) is 0 Å². The second-order valence-corrected chi connectivity index (χ2v) is 6.35. The second kappa shape index (κ2) is 5.92. The van der Waals surface area contributed by atoms with Gasteiger partial charge >= 0.3 is 5.97 Å². The molecule has 1 aliphatic rings. The summed E-state index contributed by atoms with van der Waals surface area (Å²) < 4.78 is 2.41. The minimum absolute atomic E-state index is 0.333. The fourth-order valence-electron chi connectivity index (χ4n) is 3.44. The lowest BCUT2D eigenvalue weighted by Gasteiger charge is -2.24. The highest BCUT2D eigenvalue weighted by Crippen LogP contribution is 2.32. The van der Waals surface area contributed by atoms with E-state index in [0.717, 1.165) is 5.56 Å². The molecule has 0 saturated heterocycles. The fraction of sp³-hybridized carbons (Fsp3) is 0.500. The standard InChI is InChI=1S/C18H23NO2/c1-13(18(20)21)11-14-7-8-15-9-10-19(17(15)12-14)16-5-3-2-4-6-16/h7-10,12-13,16H,2-6,11H2,1H3,(H,20,21). The number of rotatable bonds is 4. The second-order valence-electron chi connectivity index (χ2n) is 6.35. The predicted octanol–water partition coefficient (Wildman–Crippen LogP) is 4.41. The zero-order valence-electron chi connectivity index (χ0n) is 12.6. The summed E-state index contributed by atoms with van der Waals surface area (Å²) in [7, 11) is 0. The summed E-state index contributed by atoms with van der Waals surface area (Å²) >= 11 is 0. The SMILES string of the molecule is CC(Cc1ccc2ccn(C3CCCCC3)c2c1)C(=O)O. The van der Waals surface area contributed by atoms with E-state index < -0.39 is 5.97 Å². The largest absolute Gasteiger partial charge is 0.481 e. The lowest BCUT2D eigenvalue weighted by molar-refractivity contribution is -0.141. The van der Waals surface area contributed by atoms with Crippen LogP contribution in [0.15, 0.2) is 30.5 Å². The number of nitrogens with zero attached hydrogens (tertiary/aromatic N) is 1. The summed E-state index contributed by atoms with van der Waals surface area (Å²) in [5.41, 5.74) is 2.38. The first-order chi connectivity index (χ1) is 10.1. The molecule has 2 aromatic rings. The number of aliphatic carboxylic acids is 1. The first-order valence-corrected chi connectivity index (χ1v) is 7.97. The first-order valence-electron chi connectivity index (χ1n) is 7.97. The van der Waals surface area contributed by atoms with Gasteiger partial charge in [0.15, 0.2) is 0 Å². The predicted molar refractivity (Wildman–Crippen MR) is 84.6 cm³/mol. The van der Waals surface area contributed by atoms with Crippen molar-refractivity contribution < 1.29 is 9.90 Å². The van der Waals surface area contributed by atoms with E-state index in [-0.39, 0.29) is 5.92 Å². The van der Waals surface area contributed by atoms with E-state index in [0.29, 0.717) is 12.5 Å². The summed E-state index contributed by atoms with van der Waals surface area (Å²) in [6, 6.07) is 9.16. The smallest absolute Gasteiger partial charge is 0.306 e. The molecule has 1 aromatic heterocycles. The van der Waals surface area contributed by atoms with Gasteiger partial charge in [-0.25, -0.2) is 0 Å². The first kappa shape index (κ1) is 14.2. The average molecular weight is 285 g/mol. The highest BCUT2D eigenvalue weighted by Gasteiger charge is 2.17. The van der Waals surface area contributed by atoms with E-state index in [4.69, 9.17) is 5.11 Å². The number of benzene rings is 1. The molecule has 1 aromatic carbocycles. The van der Waals surface area contributed by atoms with Gasteiger partial charge in [0.2, 0.25) is 0 Å². The molecule has 1 unspecified atom stereocenters. The van der Waals surface area contributed by atoms with Gasteiger partial charge in [-0.15, -0.1) is 0 Å². The number of hydrogen-bond acceptors (Lipinski definition) is 1. The van der Waals surface area contributed by atoms with Crippen molar-refractivity contribution in [1.29, 1.82) is 0 Å². The van der Waals surface area contributed by atoms with Crippen molar-refractivity contribution in [1.82, 2.24) is 4.57 Å². The highest BCUT2D eigenvalue weighted by atomic mass is 16.4. The third-order valence-corrected chi connectivity index (χ3v) is 4.72. The maximum Gasteiger partial charge on any atom is 0.306 e. The zero-order chi connectivity index (χ0) is 14.8. The lowest BCUT2D eigenvalue weighted by Crippen LogP contribution is -2.13. The van der Waals surface area contributed by atoms with Crippen LogP contribution in [-0.4, -0.2) is 15.6 Å². The molecule has 0 amide bonds. The van der Waals surface area contributed by atoms with Crippen LogP contribution in [0.25, 0.3) is 10.9 Å². The summed E-state index contributed by atoms with van der Waals surface area (Å²) in [4.78, 5) is 11.0. The fourth-order valence-corrected chi connectivity index (χ4v) is 3.44. The molecule has 0 bridgehead atoms. The van der Waals surface area contributed by atoms with E-state index in [1.807, 2.05) is 0 Å². The lowest BCUT2D eigenvalue weighted by atomic mass is 9.95. The van der Waals surface area contributed by atoms with Crippen LogP contribution in [0.4, 0.5) is 0 Å². The van der Waals surface area contributed by atoms with Crippen molar-refractivity contribution in [2.45, 2.75) is 51.5 Å². The molecule has 1 N–H and O–H groups in total. The van der Waals surface area contributed by atoms with Gasteiger partial charge in [0.1, 0.15) is 0 Å². The molecule has 1 atom stereocenters. The van der Waals surface area contributed by atoms with Crippen LogP contribution in [0.2, 0.25) is 0 Å². The van der Waals surface area contributed by atoms with Crippen molar-refractivity contribution in [3.8, 4) is 0 Å². The van der Waals surface area contributed by atoms with Crippen molar-refractivity contribution in [2.24, 2.45) is 5.92 Å². The van der Waals surface area contributed by atoms with E-state index in [2.05, 4.69) is 35.0 Å². The van der Waals surface area contributed by atoms with E-state index >= 15 is 0 Å². The quantitative estimate of drug-likeness (QED) is 0.904. The Balaban J connectivity index is 1.90. The normalized spacial score (nSPS) is 18.0. The molecule has 3 nitrogen and oxygen atoms in total. The summed E-state index contributed by atoms with van der Waals surface area (Å²) in [5.74, 6) is -1.06. The molecule has 1 fully saturated rings. The van der Waals surface area contributed by atoms with E-state index in [1.165, 1.54) is 43.0 Å². The van der Waals surface area contributed by atoms with Crippen LogP contribution >= 0.6 is 0 Å². The Hall–Kier alpha value is -1.77. The van der Waals surface area contributed by atoms with Gasteiger partial charge in [-0.2, -0.15) is 0 Å². The van der Waals surface area contributed by atoms with Crippen LogP contribution in [0.3, 0.4) is 0 Å². The summed E-state index contributed by atoms with van der Waals surface area (Å²) in [6.07, 6.45) is 9.32. The number of carboxylic acid groups (broad SMARTS) is 1. The van der Waals surface area contributed by atoms with Gasteiger partial charge in [0.25, 0.3) is 0 Å². The molecule has 3 rings (SSSR count). The molecule has 21 heavy (non-hydrogen) atoms. The van der Waals surface area contributed by atoms with Crippen molar-refractivity contribution in [3.63, 3.8) is 0 Å². The maximum atomic E-state index is 11.0. The molecule has 1 saturated carbocycles. The summed E-state index contributed by atoms with van der Waals surface area (Å²) in [5, 5.41) is 10.3. The zero-order valence-corrected chi connectivity index (χ0v) is 12.6. The van der Waals surface area contributed by atoms with Crippen molar-refractivity contribution >= 4 is 16.9 Å². The van der Waals surface area contributed by atoms with Gasteiger partial charge in [-0.3, -0.25) is 4.79 Å². The average Bonchev–Trinajstić information content (AvgIpc) is 2.91. The molecular formula is C18H23NO2. The number of aromatic nitrogens is 1. The molecule has 112 valence electrons. The van der Waals surface area contributed by atoms with Gasteiger partial charge in [-0.1, -0.05) is 38.3 Å². The number of carboxylic acids is 1. The Labute approximate surface area is 125 Å². The van der Waals surface area contributed by atoms with Gasteiger partial charge in [0.05, 0.1) is 5.92 Å². The number of fused-ring (bicyclic) bond motifs is 1. The Kier molecular flexibility index (Phi) is 4.00. The van der Waals surface area contributed by atoms with Crippen LogP contribution in [-0.2, 0) is 11.2 Å². The Morgan fingerprint density at radius 1 is 1.29 bits per heavy atom. The molecule has 0 spiro atoms. The highest BCUT2D eigenvalue weighted by molar-refractivity contribution is 5.81. The maximum absolute atomic E-state index is 11.0. The topological polar surface area (TPSA) is 42.2 Å². The number of carbonyl (C=O) groups is 1. The molecule has 3 heteroatoms. The van der Waals surface area contributed by atoms with E-state index in [9.17, 15) is 4.79 Å². The third-order valence-electron chi connectivity index (χ3n) is 4.72. The van der Waals surface area contributed by atoms with Gasteiger partial charge in [-0.05, 0) is 42.3 Å². The van der Waals surface area contributed by atoms with Gasteiger partial charge < -0.3 is 9.67 Å². The third kappa shape index (κ3) is 2.97. The Morgan fingerprint density at radius 2 is 2.05 bits per heavy atom. The van der Waals surface area contributed by atoms with Crippen LogP contribution in [0, 0.1) is 5.92 Å². The van der Waals surface area contributed by atoms with E-state index in [1.54, 1.807) is 6.92 Å². The monoisotopic (exact) mass is 285 g/mol. The molecular weight excluding hydrogens is 262 g/mol. The Bertz CT molecular complexity index is 638. The Morgan fingerprint density at radius 3 is 2.76 bits per heavy atom. The minimum atomic E-state index is -0.724.